The highest BCUT2D eigenvalue weighted by Crippen LogP contribution is 2.32. The number of ether oxygens (including phenoxy) is 1. The molecule has 0 spiro atoms. The second-order valence-electron chi connectivity index (χ2n) is 5.34. The summed E-state index contributed by atoms with van der Waals surface area (Å²) in [5, 5.41) is 6.82. The lowest BCUT2D eigenvalue weighted by Crippen LogP contribution is -2.12. The van der Waals surface area contributed by atoms with E-state index in [0.717, 1.165) is 0 Å². The first-order valence-corrected chi connectivity index (χ1v) is 8.45. The smallest absolute Gasteiger partial charge is 0.257 e. The van der Waals surface area contributed by atoms with Gasteiger partial charge in [-0.15, -0.1) is 0 Å². The summed E-state index contributed by atoms with van der Waals surface area (Å²) in [4.78, 5) is 16.6. The van der Waals surface area contributed by atoms with E-state index in [2.05, 4.69) is 15.6 Å². The molecule has 26 heavy (non-hydrogen) atoms. The molecule has 132 valence electrons. The highest BCUT2D eigenvalue weighted by molar-refractivity contribution is 6.39. The van der Waals surface area contributed by atoms with Crippen molar-refractivity contribution in [2.24, 2.45) is 0 Å². The van der Waals surface area contributed by atoms with Crippen LogP contribution in [-0.2, 0) is 0 Å². The summed E-state index contributed by atoms with van der Waals surface area (Å²) in [6, 6.07) is 15.7. The molecule has 1 aromatic heterocycles. The molecule has 0 saturated carbocycles. The molecule has 5 nitrogen and oxygen atoms in total. The Balaban J connectivity index is 1.71. The summed E-state index contributed by atoms with van der Waals surface area (Å²) in [6.07, 6.45) is 1.47. The molecule has 2 N–H and O–H groups in total. The number of nitrogens with zero attached hydrogens (tertiary/aromatic N) is 1. The van der Waals surface area contributed by atoms with Crippen LogP contribution in [0.15, 0.2) is 60.8 Å². The van der Waals surface area contributed by atoms with E-state index in [0.29, 0.717) is 38.6 Å². The highest BCUT2D eigenvalue weighted by Gasteiger charge is 2.09. The van der Waals surface area contributed by atoms with Crippen LogP contribution < -0.4 is 15.4 Å². The fourth-order valence-corrected chi connectivity index (χ4v) is 2.74. The largest absolute Gasteiger partial charge is 0.497 e. The quantitative estimate of drug-likeness (QED) is 0.615. The molecular weight excluding hydrogens is 373 g/mol. The molecule has 0 aliphatic heterocycles. The van der Waals surface area contributed by atoms with Gasteiger partial charge in [-0.1, -0.05) is 35.3 Å². The summed E-state index contributed by atoms with van der Waals surface area (Å²) in [7, 11) is 1.57. The molecule has 0 unspecified atom stereocenters. The normalized spacial score (nSPS) is 10.3. The highest BCUT2D eigenvalue weighted by atomic mass is 35.5. The van der Waals surface area contributed by atoms with Crippen molar-refractivity contribution >= 4 is 46.3 Å². The minimum absolute atomic E-state index is 0.270. The third-order valence-corrected chi connectivity index (χ3v) is 4.20. The van der Waals surface area contributed by atoms with Gasteiger partial charge in [0.05, 0.1) is 28.4 Å². The first kappa shape index (κ1) is 18.0. The first-order chi connectivity index (χ1) is 12.6. The van der Waals surface area contributed by atoms with Gasteiger partial charge in [-0.2, -0.15) is 0 Å². The number of carbonyl (C=O) groups excluding carboxylic acids is 1. The first-order valence-electron chi connectivity index (χ1n) is 7.69. The van der Waals surface area contributed by atoms with Crippen LogP contribution in [0.2, 0.25) is 10.0 Å². The Bertz CT molecular complexity index is 910. The van der Waals surface area contributed by atoms with E-state index in [1.54, 1.807) is 61.7 Å². The topological polar surface area (TPSA) is 63.2 Å². The lowest BCUT2D eigenvalue weighted by atomic mass is 10.2. The van der Waals surface area contributed by atoms with E-state index >= 15 is 0 Å². The zero-order chi connectivity index (χ0) is 18.5. The number of halogens is 2. The molecule has 3 aromatic rings. The second-order valence-corrected chi connectivity index (χ2v) is 6.15. The number of aromatic nitrogens is 1. The molecule has 0 aliphatic carbocycles. The number of pyridine rings is 1. The van der Waals surface area contributed by atoms with Crippen molar-refractivity contribution in [3.8, 4) is 5.75 Å². The minimum Gasteiger partial charge on any atom is -0.497 e. The standard InChI is InChI=1S/C19H15Cl2N3O2/c1-26-14-5-2-4-13(10-14)23-19(25)12-8-9-17(22-11-12)24-18-15(20)6-3-7-16(18)21/h2-11H,1H3,(H,22,24)(H,23,25). The Morgan fingerprint density at radius 2 is 1.77 bits per heavy atom. The molecule has 0 atom stereocenters. The fourth-order valence-electron chi connectivity index (χ4n) is 2.25. The van der Waals surface area contributed by atoms with Gasteiger partial charge >= 0.3 is 0 Å². The summed E-state index contributed by atoms with van der Waals surface area (Å²) < 4.78 is 5.14. The van der Waals surface area contributed by atoms with Crippen LogP contribution in [0.3, 0.4) is 0 Å². The Kier molecular flexibility index (Phi) is 5.61. The fraction of sp³-hybridized carbons (Fsp3) is 0.0526. The zero-order valence-electron chi connectivity index (χ0n) is 13.8. The average molecular weight is 388 g/mol. The Morgan fingerprint density at radius 3 is 2.42 bits per heavy atom. The van der Waals surface area contributed by atoms with Crippen molar-refractivity contribution < 1.29 is 9.53 Å². The number of benzene rings is 2. The molecule has 7 heteroatoms. The van der Waals surface area contributed by atoms with Gasteiger partial charge in [0.25, 0.3) is 5.91 Å². The summed E-state index contributed by atoms with van der Waals surface area (Å²) in [5.41, 5.74) is 1.62. The van der Waals surface area contributed by atoms with Crippen molar-refractivity contribution in [1.82, 2.24) is 4.98 Å². The molecule has 2 aromatic carbocycles. The molecule has 0 radical (unpaired) electrons. The maximum Gasteiger partial charge on any atom is 0.257 e. The summed E-state index contributed by atoms with van der Waals surface area (Å²) in [5.74, 6) is 0.920. The van der Waals surface area contributed by atoms with Gasteiger partial charge in [0.2, 0.25) is 0 Å². The van der Waals surface area contributed by atoms with Gasteiger partial charge in [-0.05, 0) is 36.4 Å². The van der Waals surface area contributed by atoms with E-state index in [1.165, 1.54) is 6.20 Å². The number of carbonyl (C=O) groups is 1. The number of methoxy groups -OCH3 is 1. The van der Waals surface area contributed by atoms with Crippen molar-refractivity contribution in [1.29, 1.82) is 0 Å². The Hall–Kier alpha value is -2.76. The number of amides is 1. The van der Waals surface area contributed by atoms with Crippen LogP contribution in [0.25, 0.3) is 0 Å². The van der Waals surface area contributed by atoms with E-state index in [9.17, 15) is 4.79 Å². The van der Waals surface area contributed by atoms with Gasteiger partial charge in [0, 0.05) is 18.0 Å². The van der Waals surface area contributed by atoms with Gasteiger partial charge in [0.15, 0.2) is 0 Å². The summed E-state index contributed by atoms with van der Waals surface area (Å²) in [6.45, 7) is 0. The second kappa shape index (κ2) is 8.08. The predicted octanol–water partition coefficient (Wildman–Crippen LogP) is 5.39. The Labute approximate surface area is 160 Å². The zero-order valence-corrected chi connectivity index (χ0v) is 15.3. The van der Waals surface area contributed by atoms with Crippen molar-refractivity contribution in [2.45, 2.75) is 0 Å². The molecular formula is C19H15Cl2N3O2. The lowest BCUT2D eigenvalue weighted by molar-refractivity contribution is 0.102. The van der Waals surface area contributed by atoms with Crippen LogP contribution in [-0.4, -0.2) is 18.0 Å². The average Bonchev–Trinajstić information content (AvgIpc) is 2.65. The molecule has 3 rings (SSSR count). The third kappa shape index (κ3) is 4.25. The number of para-hydroxylation sites is 1. The molecule has 0 bridgehead atoms. The van der Waals surface area contributed by atoms with E-state index in [4.69, 9.17) is 27.9 Å². The van der Waals surface area contributed by atoms with Crippen LogP contribution in [0, 0.1) is 0 Å². The predicted molar refractivity (Wildman–Crippen MR) is 105 cm³/mol. The maximum atomic E-state index is 12.3. The number of anilines is 3. The van der Waals surface area contributed by atoms with Crippen molar-refractivity contribution in [3.05, 3.63) is 76.4 Å². The van der Waals surface area contributed by atoms with E-state index in [-0.39, 0.29) is 5.91 Å². The molecule has 0 fully saturated rings. The monoisotopic (exact) mass is 387 g/mol. The molecule has 1 amide bonds. The third-order valence-electron chi connectivity index (χ3n) is 3.57. The van der Waals surface area contributed by atoms with Gasteiger partial charge < -0.3 is 15.4 Å². The van der Waals surface area contributed by atoms with Gasteiger partial charge in [-0.25, -0.2) is 4.98 Å². The minimum atomic E-state index is -0.270. The van der Waals surface area contributed by atoms with E-state index in [1.807, 2.05) is 0 Å². The van der Waals surface area contributed by atoms with Crippen molar-refractivity contribution in [3.63, 3.8) is 0 Å². The number of nitrogens with one attached hydrogen (secondary N) is 2. The number of rotatable bonds is 5. The molecule has 0 aliphatic rings. The number of hydrogen-bond acceptors (Lipinski definition) is 4. The summed E-state index contributed by atoms with van der Waals surface area (Å²) >= 11 is 12.3. The SMILES string of the molecule is COc1cccc(NC(=O)c2ccc(Nc3c(Cl)cccc3Cl)nc2)c1. The van der Waals surface area contributed by atoms with Crippen LogP contribution in [0.5, 0.6) is 5.75 Å². The molecule has 0 saturated heterocycles. The number of hydrogen-bond donors (Lipinski definition) is 2. The van der Waals surface area contributed by atoms with Crippen LogP contribution in [0.4, 0.5) is 17.2 Å². The Morgan fingerprint density at radius 1 is 1.04 bits per heavy atom. The van der Waals surface area contributed by atoms with Crippen LogP contribution >= 0.6 is 23.2 Å². The lowest BCUT2D eigenvalue weighted by Gasteiger charge is -2.10. The van der Waals surface area contributed by atoms with Gasteiger partial charge in [-0.3, -0.25) is 4.79 Å². The molecule has 1 heterocycles. The van der Waals surface area contributed by atoms with Crippen LogP contribution in [0.1, 0.15) is 10.4 Å². The maximum absolute atomic E-state index is 12.3. The van der Waals surface area contributed by atoms with E-state index < -0.39 is 0 Å². The van der Waals surface area contributed by atoms with Gasteiger partial charge in [0.1, 0.15) is 11.6 Å². The van der Waals surface area contributed by atoms with Crippen molar-refractivity contribution in [2.75, 3.05) is 17.7 Å².